The third-order valence-electron chi connectivity index (χ3n) is 9.44. The fourth-order valence-electron chi connectivity index (χ4n) is 6.44. The molecule has 0 atom stereocenters. The van der Waals surface area contributed by atoms with Crippen molar-refractivity contribution >= 4 is 5.97 Å². The maximum absolute atomic E-state index is 11.6. The third-order valence-corrected chi connectivity index (χ3v) is 9.44. The van der Waals surface area contributed by atoms with E-state index < -0.39 is 5.97 Å². The Morgan fingerprint density at radius 1 is 0.438 bits per heavy atom. The molecule has 0 saturated carbocycles. The monoisotopic (exact) mass is 715 g/mol. The van der Waals surface area contributed by atoms with Crippen molar-refractivity contribution in [3.8, 4) is 0 Å². The van der Waals surface area contributed by atoms with E-state index in [0.717, 1.165) is 57.9 Å². The zero-order valence-electron chi connectivity index (χ0n) is 33.4. The molecule has 5 heteroatoms. The summed E-state index contributed by atoms with van der Waals surface area (Å²) in [5.74, 6) is 1.12. The van der Waals surface area contributed by atoms with Crippen LogP contribution in [0.25, 0.3) is 0 Å². The minimum absolute atomic E-state index is 0.167. The van der Waals surface area contributed by atoms with Crippen LogP contribution in [0.5, 0.6) is 0 Å². The molecule has 0 aliphatic rings. The second-order valence-electron chi connectivity index (χ2n) is 15.8. The van der Waals surface area contributed by atoms with Gasteiger partial charge < -0.3 is 10.2 Å². The van der Waals surface area contributed by atoms with Crippen LogP contribution in [0.2, 0.25) is 0 Å². The van der Waals surface area contributed by atoms with Crippen molar-refractivity contribution in [2.24, 2.45) is 17.8 Å². The topological polar surface area (TPSA) is 74.6 Å². The van der Waals surface area contributed by atoms with Gasteiger partial charge in [-0.25, -0.2) is 4.79 Å². The van der Waals surface area contributed by atoms with Gasteiger partial charge in [0.2, 0.25) is 0 Å². The van der Waals surface area contributed by atoms with Crippen molar-refractivity contribution in [2.75, 3.05) is 0 Å². The first kappa shape index (κ1) is 52.0. The zero-order chi connectivity index (χ0) is 36.7. The molecule has 0 aliphatic heterocycles. The Labute approximate surface area is 313 Å². The van der Waals surface area contributed by atoms with E-state index in [1.807, 2.05) is 0 Å². The van der Waals surface area contributed by atoms with Crippen molar-refractivity contribution in [1.82, 2.24) is 0 Å². The molecule has 0 unspecified atom stereocenters. The van der Waals surface area contributed by atoms with Gasteiger partial charge in [0.15, 0.2) is 0 Å². The average Bonchev–Trinajstić information content (AvgIpc) is 3.03. The summed E-state index contributed by atoms with van der Waals surface area (Å²) < 4.78 is 8.25. The van der Waals surface area contributed by atoms with E-state index in [9.17, 15) is 9.90 Å². The Balaban J connectivity index is -0.00000312. The van der Waals surface area contributed by atoms with Crippen molar-refractivity contribution in [1.29, 1.82) is 0 Å². The average molecular weight is 715 g/mol. The van der Waals surface area contributed by atoms with Crippen LogP contribution in [-0.4, -0.2) is 22.3 Å². The molecule has 0 rings (SSSR count). The van der Waals surface area contributed by atoms with Gasteiger partial charge in [-0.1, -0.05) is 214 Å². The molecule has 0 heterocycles. The number of carboxylic acid groups (broad SMARTS) is 1. The van der Waals surface area contributed by atoms with Gasteiger partial charge >= 0.3 is 29.7 Å². The molecule has 0 aromatic carbocycles. The Hall–Kier alpha value is -0.316. The number of aliphatic hydroxyl groups excluding tert-OH is 1. The zero-order valence-corrected chi connectivity index (χ0v) is 35.0. The number of carboxylic acids is 1. The number of aliphatic hydroxyl groups is 1. The Morgan fingerprint density at radius 3 is 0.771 bits per heavy atom. The number of hydrogen-bond acceptors (Lipinski definition) is 3. The van der Waals surface area contributed by atoms with Crippen molar-refractivity contribution in [3.63, 3.8) is 0 Å². The fraction of sp³-hybridized carbons (Fsp3) is 0.930. The van der Waals surface area contributed by atoms with Crippen LogP contribution in [0.1, 0.15) is 234 Å². The van der Waals surface area contributed by atoms with Gasteiger partial charge in [-0.05, 0) is 44.4 Å². The molecule has 0 amide bonds. The summed E-state index contributed by atoms with van der Waals surface area (Å²) in [4.78, 5) is 11.6. The number of rotatable bonds is 34. The minimum atomic E-state index is -0.786. The molecular formula is C43H86O4Ti. The first-order chi connectivity index (χ1) is 23.1. The molecule has 0 radical (unpaired) electrons. The van der Waals surface area contributed by atoms with E-state index in [1.54, 1.807) is 13.8 Å². The van der Waals surface area contributed by atoms with Crippen LogP contribution in [0.4, 0.5) is 0 Å². The molecule has 0 aromatic rings. The van der Waals surface area contributed by atoms with Crippen molar-refractivity contribution in [2.45, 2.75) is 240 Å². The molecule has 286 valence electrons. The van der Waals surface area contributed by atoms with Crippen LogP contribution in [0.15, 0.2) is 12.2 Å². The van der Waals surface area contributed by atoms with Crippen LogP contribution in [-0.2, 0) is 28.5 Å². The molecule has 4 nitrogen and oxygen atoms in total. The number of carbonyl (C=O) groups is 1. The maximum atomic E-state index is 11.6. The molecule has 0 aromatic heterocycles. The fourth-order valence-corrected chi connectivity index (χ4v) is 6.44. The van der Waals surface area contributed by atoms with Crippen molar-refractivity contribution in [3.05, 3.63) is 12.2 Å². The van der Waals surface area contributed by atoms with Crippen LogP contribution in [0.3, 0.4) is 0 Å². The molecule has 48 heavy (non-hydrogen) atoms. The Morgan fingerprint density at radius 2 is 0.604 bits per heavy atom. The predicted molar refractivity (Wildman–Crippen MR) is 206 cm³/mol. The Kier molecular flexibility index (Phi) is 46.5. The quantitative estimate of drug-likeness (QED) is 0.0395. The summed E-state index contributed by atoms with van der Waals surface area (Å²) >= 11 is 0.750. The van der Waals surface area contributed by atoms with E-state index in [-0.39, 0.29) is 12.0 Å². The van der Waals surface area contributed by atoms with E-state index in [0.29, 0.717) is 5.57 Å². The van der Waals surface area contributed by atoms with Crippen LogP contribution >= 0.6 is 0 Å². The van der Waals surface area contributed by atoms with E-state index in [4.69, 9.17) is 8.43 Å². The van der Waals surface area contributed by atoms with Gasteiger partial charge in [0.05, 0.1) is 0 Å². The van der Waals surface area contributed by atoms with E-state index in [2.05, 4.69) is 34.3 Å². The van der Waals surface area contributed by atoms with Crippen molar-refractivity contribution < 1.29 is 38.7 Å². The molecule has 0 aliphatic carbocycles. The number of aliphatic carboxylic acids is 1. The summed E-state index contributed by atoms with van der Waals surface area (Å²) in [6.45, 7) is 16.7. The first-order valence-electron chi connectivity index (χ1n) is 20.9. The molecular weight excluding hydrogens is 628 g/mol. The van der Waals surface area contributed by atoms with Crippen LogP contribution in [0, 0.1) is 17.8 Å². The summed E-state index contributed by atoms with van der Waals surface area (Å²) in [6, 6.07) is 0. The molecule has 0 bridgehead atoms. The summed E-state index contributed by atoms with van der Waals surface area (Å²) in [7, 11) is 0. The van der Waals surface area contributed by atoms with E-state index >= 15 is 0 Å². The van der Waals surface area contributed by atoms with Crippen LogP contribution < -0.4 is 0 Å². The van der Waals surface area contributed by atoms with Gasteiger partial charge in [0.25, 0.3) is 0 Å². The number of unbranched alkanes of at least 4 members (excludes halogenated alkanes) is 24. The second-order valence-corrected chi connectivity index (χ2v) is 15.8. The Bertz CT molecular complexity index is 608. The summed E-state index contributed by atoms with van der Waals surface area (Å²) in [5, 5.41) is 17.6. The summed E-state index contributed by atoms with van der Waals surface area (Å²) in [5.41, 5.74) is 0.454. The van der Waals surface area contributed by atoms with E-state index in [1.165, 1.54) is 167 Å². The predicted octanol–water partition coefficient (Wildman–Crippen LogP) is 14.5. The third kappa shape index (κ3) is 47.8. The molecule has 0 saturated heterocycles. The first-order valence-corrected chi connectivity index (χ1v) is 21.5. The van der Waals surface area contributed by atoms with Gasteiger partial charge in [0.1, 0.15) is 0 Å². The SMILES string of the molecule is C=C(C(=O)O)C(CCCCCCCCCCCCCCCC(C)C)CCCCCCCCCCCCCCCC(C)C.CC(C)O.[O]=[Ti]. The van der Waals surface area contributed by atoms with Gasteiger partial charge in [-0.15, -0.1) is 0 Å². The number of hydrogen-bond donors (Lipinski definition) is 2. The summed E-state index contributed by atoms with van der Waals surface area (Å²) in [6.07, 6.45) is 40.2. The van der Waals surface area contributed by atoms with Gasteiger partial charge in [-0.3, -0.25) is 0 Å². The molecule has 0 fully saturated rings. The van der Waals surface area contributed by atoms with Gasteiger partial charge in [0, 0.05) is 11.7 Å². The normalized spacial score (nSPS) is 11.1. The second kappa shape index (κ2) is 42.9. The molecule has 0 spiro atoms. The molecule has 2 N–H and O–H groups in total. The standard InChI is InChI=1S/C40H78O2.C3H8O.O.Ti/c1-36(2)32-28-24-20-16-12-8-6-10-14-18-22-26-30-34-39(38(5)40(41)42)35-31-27-23-19-15-11-7-9-13-17-21-25-29-33-37(3)4;1-3(2)4;;/h36-37,39H,5-35H2,1-4H3,(H,41,42);3-4H,1-2H3;;. The van der Waals surface area contributed by atoms with Gasteiger partial charge in [-0.2, -0.15) is 0 Å².